The van der Waals surface area contributed by atoms with Gasteiger partial charge >= 0.3 is 6.03 Å². The summed E-state index contributed by atoms with van der Waals surface area (Å²) in [6, 6.07) is 9.85. The van der Waals surface area contributed by atoms with E-state index in [1.54, 1.807) is 18.2 Å². The normalized spacial score (nSPS) is 14.8. The van der Waals surface area contributed by atoms with Crippen LogP contribution < -0.4 is 18.7 Å². The molecule has 0 radical (unpaired) electrons. The zero-order valence-corrected chi connectivity index (χ0v) is 19.3. The van der Waals surface area contributed by atoms with Gasteiger partial charge in [0.1, 0.15) is 4.90 Å². The molecule has 0 unspecified atom stereocenters. The lowest BCUT2D eigenvalue weighted by atomic mass is 10.2. The standard InChI is InChI=1S/C21H17Cl2N3O5S/c1-30-18-8-7-13(9-19(18)31-2)26-21(27)25(12-14-15(22)10-24-11-16(14)23)17-5-3-4-6-20(17)32(26,28)29/h3-11H,12H2,1-2H3. The van der Waals surface area contributed by atoms with Crippen molar-refractivity contribution in [3.8, 4) is 11.5 Å². The third kappa shape index (κ3) is 3.62. The van der Waals surface area contributed by atoms with Gasteiger partial charge in [0.15, 0.2) is 11.5 Å². The molecule has 4 rings (SSSR count). The van der Waals surface area contributed by atoms with Crippen LogP contribution in [0.2, 0.25) is 10.0 Å². The number of sulfonamides is 1. The Balaban J connectivity index is 1.89. The smallest absolute Gasteiger partial charge is 0.343 e. The first-order chi connectivity index (χ1) is 15.3. The van der Waals surface area contributed by atoms with Crippen molar-refractivity contribution in [3.05, 3.63) is 70.5 Å². The number of benzene rings is 2. The summed E-state index contributed by atoms with van der Waals surface area (Å²) in [5.74, 6) is 0.671. The van der Waals surface area contributed by atoms with Crippen molar-refractivity contribution in [2.24, 2.45) is 0 Å². The fourth-order valence-electron chi connectivity index (χ4n) is 3.41. The van der Waals surface area contributed by atoms with Crippen molar-refractivity contribution >= 4 is 50.6 Å². The second kappa shape index (κ2) is 8.50. The van der Waals surface area contributed by atoms with Crippen LogP contribution in [0.25, 0.3) is 0 Å². The van der Waals surface area contributed by atoms with Gasteiger partial charge in [0, 0.05) is 24.0 Å². The Morgan fingerprint density at radius 3 is 2.28 bits per heavy atom. The Labute approximate surface area is 194 Å². The summed E-state index contributed by atoms with van der Waals surface area (Å²) in [5.41, 5.74) is 0.760. The van der Waals surface area contributed by atoms with Crippen LogP contribution in [0.5, 0.6) is 11.5 Å². The predicted octanol–water partition coefficient (Wildman–Crippen LogP) is 4.74. The molecular formula is C21H17Cl2N3O5S. The summed E-state index contributed by atoms with van der Waals surface area (Å²) in [4.78, 5) is 18.8. The number of carbonyl (C=O) groups excluding carboxylic acids is 1. The fraction of sp³-hybridized carbons (Fsp3) is 0.143. The maximum atomic E-state index is 13.6. The van der Waals surface area contributed by atoms with Crippen LogP contribution in [0.3, 0.4) is 0 Å². The van der Waals surface area contributed by atoms with E-state index < -0.39 is 16.1 Å². The van der Waals surface area contributed by atoms with E-state index in [0.29, 0.717) is 11.3 Å². The molecule has 2 aromatic carbocycles. The summed E-state index contributed by atoms with van der Waals surface area (Å²) in [6.45, 7) is -0.0602. The molecule has 166 valence electrons. The number of hydrogen-bond donors (Lipinski definition) is 0. The predicted molar refractivity (Wildman–Crippen MR) is 121 cm³/mol. The number of urea groups is 1. The summed E-state index contributed by atoms with van der Waals surface area (Å²) < 4.78 is 38.1. The van der Waals surface area contributed by atoms with Crippen LogP contribution in [-0.2, 0) is 16.6 Å². The van der Waals surface area contributed by atoms with E-state index in [2.05, 4.69) is 4.98 Å². The van der Waals surface area contributed by atoms with Gasteiger partial charge < -0.3 is 9.47 Å². The Bertz CT molecular complexity index is 1300. The zero-order valence-electron chi connectivity index (χ0n) is 17.0. The maximum absolute atomic E-state index is 13.6. The van der Waals surface area contributed by atoms with E-state index in [9.17, 15) is 13.2 Å². The first-order valence-electron chi connectivity index (χ1n) is 9.25. The fourth-order valence-corrected chi connectivity index (χ4v) is 5.48. The van der Waals surface area contributed by atoms with E-state index in [1.807, 2.05) is 0 Å². The monoisotopic (exact) mass is 493 g/mol. The number of para-hydroxylation sites is 1. The molecule has 1 aromatic heterocycles. The summed E-state index contributed by atoms with van der Waals surface area (Å²) in [5, 5.41) is 0.516. The number of fused-ring (bicyclic) bond motifs is 1. The number of rotatable bonds is 5. The molecule has 0 saturated carbocycles. The molecule has 0 spiro atoms. The van der Waals surface area contributed by atoms with Crippen molar-refractivity contribution in [1.82, 2.24) is 4.98 Å². The minimum Gasteiger partial charge on any atom is -0.493 e. The largest absolute Gasteiger partial charge is 0.493 e. The average molecular weight is 494 g/mol. The number of anilines is 2. The minimum absolute atomic E-state index is 0.0318. The lowest BCUT2D eigenvalue weighted by Crippen LogP contribution is -2.50. The molecule has 1 aliphatic rings. The van der Waals surface area contributed by atoms with Gasteiger partial charge in [-0.05, 0) is 24.3 Å². The number of aromatic nitrogens is 1. The van der Waals surface area contributed by atoms with E-state index in [1.165, 1.54) is 55.8 Å². The molecule has 0 N–H and O–H groups in total. The number of methoxy groups -OCH3 is 2. The molecule has 0 aliphatic carbocycles. The second-order valence-corrected chi connectivity index (χ2v) is 9.30. The van der Waals surface area contributed by atoms with Gasteiger partial charge in [0.25, 0.3) is 10.0 Å². The Morgan fingerprint density at radius 2 is 1.62 bits per heavy atom. The number of halogens is 2. The Hall–Kier alpha value is -3.01. The minimum atomic E-state index is -4.21. The van der Waals surface area contributed by atoms with Gasteiger partial charge in [0.2, 0.25) is 0 Å². The van der Waals surface area contributed by atoms with Crippen LogP contribution >= 0.6 is 23.2 Å². The Morgan fingerprint density at radius 1 is 0.969 bits per heavy atom. The summed E-state index contributed by atoms with van der Waals surface area (Å²) in [7, 11) is -1.33. The van der Waals surface area contributed by atoms with E-state index in [0.717, 1.165) is 4.31 Å². The van der Waals surface area contributed by atoms with Crippen molar-refractivity contribution in [2.45, 2.75) is 11.4 Å². The molecule has 0 saturated heterocycles. The maximum Gasteiger partial charge on any atom is 0.343 e. The molecule has 2 amide bonds. The number of amides is 2. The number of nitrogens with zero attached hydrogens (tertiary/aromatic N) is 3. The highest BCUT2D eigenvalue weighted by Crippen LogP contribution is 2.41. The topological polar surface area (TPSA) is 89.0 Å². The van der Waals surface area contributed by atoms with E-state index in [-0.39, 0.29) is 38.6 Å². The molecular weight excluding hydrogens is 477 g/mol. The lowest BCUT2D eigenvalue weighted by molar-refractivity contribution is 0.253. The first kappa shape index (κ1) is 22.2. The van der Waals surface area contributed by atoms with Crippen molar-refractivity contribution in [1.29, 1.82) is 0 Å². The van der Waals surface area contributed by atoms with Crippen LogP contribution in [0.15, 0.2) is 59.8 Å². The van der Waals surface area contributed by atoms with E-state index in [4.69, 9.17) is 32.7 Å². The van der Waals surface area contributed by atoms with Crippen molar-refractivity contribution in [3.63, 3.8) is 0 Å². The van der Waals surface area contributed by atoms with Gasteiger partial charge in [-0.1, -0.05) is 35.3 Å². The quantitative estimate of drug-likeness (QED) is 0.509. The highest BCUT2D eigenvalue weighted by molar-refractivity contribution is 7.94. The molecule has 32 heavy (non-hydrogen) atoms. The number of pyridine rings is 1. The first-order valence-corrected chi connectivity index (χ1v) is 11.4. The lowest BCUT2D eigenvalue weighted by Gasteiger charge is -2.36. The van der Waals surface area contributed by atoms with Crippen molar-refractivity contribution in [2.75, 3.05) is 23.4 Å². The van der Waals surface area contributed by atoms with Crippen LogP contribution in [0.4, 0.5) is 16.2 Å². The number of carbonyl (C=O) groups is 1. The highest BCUT2D eigenvalue weighted by Gasteiger charge is 2.43. The molecule has 1 aliphatic heterocycles. The molecule has 8 nitrogen and oxygen atoms in total. The van der Waals surface area contributed by atoms with E-state index >= 15 is 0 Å². The second-order valence-electron chi connectivity index (χ2n) is 6.73. The van der Waals surface area contributed by atoms with Gasteiger partial charge in [-0.2, -0.15) is 4.31 Å². The van der Waals surface area contributed by atoms with Gasteiger partial charge in [-0.25, -0.2) is 13.2 Å². The SMILES string of the molecule is COc1ccc(N2C(=O)N(Cc3c(Cl)cncc3Cl)c3ccccc3S2(=O)=O)cc1OC. The van der Waals surface area contributed by atoms with Crippen LogP contribution in [0.1, 0.15) is 5.56 Å². The molecule has 0 fully saturated rings. The van der Waals surface area contributed by atoms with Crippen LogP contribution in [0, 0.1) is 0 Å². The molecule has 3 aromatic rings. The zero-order chi connectivity index (χ0) is 23.0. The van der Waals surface area contributed by atoms with Gasteiger partial charge in [-0.15, -0.1) is 0 Å². The number of ether oxygens (including phenoxy) is 2. The van der Waals surface area contributed by atoms with Gasteiger partial charge in [0.05, 0.1) is 42.2 Å². The van der Waals surface area contributed by atoms with Crippen molar-refractivity contribution < 1.29 is 22.7 Å². The third-order valence-electron chi connectivity index (χ3n) is 4.95. The van der Waals surface area contributed by atoms with Crippen LogP contribution in [-0.4, -0.2) is 33.7 Å². The van der Waals surface area contributed by atoms with Gasteiger partial charge in [-0.3, -0.25) is 9.88 Å². The third-order valence-corrected chi connectivity index (χ3v) is 7.35. The highest BCUT2D eigenvalue weighted by atomic mass is 35.5. The summed E-state index contributed by atoms with van der Waals surface area (Å²) in [6.07, 6.45) is 2.82. The summed E-state index contributed by atoms with van der Waals surface area (Å²) >= 11 is 12.5. The molecule has 11 heteroatoms. The molecule has 0 bridgehead atoms. The molecule has 2 heterocycles. The Kier molecular flexibility index (Phi) is 5.89. The average Bonchev–Trinajstić information content (AvgIpc) is 2.78. The number of hydrogen-bond acceptors (Lipinski definition) is 6. The molecule has 0 atom stereocenters.